The Morgan fingerprint density at radius 3 is 1.49 bits per heavy atom. The van der Waals surface area contributed by atoms with Crippen LogP contribution < -0.4 is 0 Å². The Morgan fingerprint density at radius 1 is 0.614 bits per heavy atom. The second-order valence-electron chi connectivity index (χ2n) is 12.8. The van der Waals surface area contributed by atoms with E-state index in [4.69, 9.17) is 47.5 Å². The van der Waals surface area contributed by atoms with Gasteiger partial charge in [0, 0.05) is 41.2 Å². The third kappa shape index (κ3) is 26.0. The molecule has 3 fully saturated rings. The summed E-state index contributed by atoms with van der Waals surface area (Å²) in [7, 11) is 0. The average molecular weight is 815 g/mol. The van der Waals surface area contributed by atoms with Crippen molar-refractivity contribution in [2.24, 2.45) is 0 Å². The molecule has 18 nitrogen and oxygen atoms in total. The number of hydrogen-bond acceptors (Lipinski definition) is 18. The summed E-state index contributed by atoms with van der Waals surface area (Å²) in [6.45, 7) is 10.9. The number of aldehydes is 1. The molecule has 3 aliphatic rings. The van der Waals surface area contributed by atoms with Crippen molar-refractivity contribution in [3.05, 3.63) is 47.3 Å². The predicted molar refractivity (Wildman–Crippen MR) is 197 cm³/mol. The third-order valence-corrected chi connectivity index (χ3v) is 7.67. The van der Waals surface area contributed by atoms with Crippen LogP contribution in [0.2, 0.25) is 0 Å². The summed E-state index contributed by atoms with van der Waals surface area (Å²) in [5.74, 6) is 0.238. The molecule has 2 aromatic heterocycles. The molecule has 0 spiro atoms. The summed E-state index contributed by atoms with van der Waals surface area (Å²) in [5, 5.41) is 17.4. The molecule has 2 aromatic rings. The quantitative estimate of drug-likeness (QED) is 0.165. The second kappa shape index (κ2) is 29.6. The molecule has 0 radical (unpaired) electrons. The molecule has 5 atom stereocenters. The summed E-state index contributed by atoms with van der Waals surface area (Å²) < 4.78 is 49.6. The molecule has 0 amide bonds. The number of esters is 5. The van der Waals surface area contributed by atoms with Crippen molar-refractivity contribution >= 4 is 36.1 Å². The van der Waals surface area contributed by atoms with E-state index in [-0.39, 0.29) is 86.5 Å². The Bertz CT molecular complexity index is 1460. The van der Waals surface area contributed by atoms with E-state index in [1.54, 1.807) is 18.2 Å². The molecule has 2 N–H and O–H groups in total. The maximum absolute atomic E-state index is 10.4. The molecule has 57 heavy (non-hydrogen) atoms. The predicted octanol–water partition coefficient (Wildman–Crippen LogP) is 3.93. The maximum Gasteiger partial charge on any atom is 0.303 e. The van der Waals surface area contributed by atoms with Crippen LogP contribution in [0.4, 0.5) is 0 Å². The van der Waals surface area contributed by atoms with Gasteiger partial charge in [0.15, 0.2) is 12.0 Å². The topological polar surface area (TPSA) is 243 Å². The maximum atomic E-state index is 10.4. The molecule has 18 heteroatoms. The zero-order valence-electron chi connectivity index (χ0n) is 33.6. The lowest BCUT2D eigenvalue weighted by atomic mass is 10.2. The lowest BCUT2D eigenvalue weighted by molar-refractivity contribution is -0.145. The van der Waals surface area contributed by atoms with E-state index in [1.807, 2.05) is 6.92 Å². The Morgan fingerprint density at radius 2 is 1.09 bits per heavy atom. The van der Waals surface area contributed by atoms with Gasteiger partial charge in [-0.2, -0.15) is 0 Å². The van der Waals surface area contributed by atoms with Gasteiger partial charge in [-0.25, -0.2) is 0 Å². The van der Waals surface area contributed by atoms with Crippen LogP contribution >= 0.6 is 0 Å². The molecule has 5 heterocycles. The molecule has 5 rings (SSSR count). The van der Waals surface area contributed by atoms with Gasteiger partial charge in [-0.1, -0.05) is 0 Å². The van der Waals surface area contributed by atoms with E-state index in [9.17, 15) is 28.8 Å². The third-order valence-electron chi connectivity index (χ3n) is 7.67. The highest BCUT2D eigenvalue weighted by Crippen LogP contribution is 2.20. The number of furan rings is 2. The first kappa shape index (κ1) is 50.4. The van der Waals surface area contributed by atoms with Crippen molar-refractivity contribution in [1.29, 1.82) is 0 Å². The Kier molecular flexibility index (Phi) is 26.2. The van der Waals surface area contributed by atoms with Crippen LogP contribution in [0.5, 0.6) is 0 Å². The van der Waals surface area contributed by atoms with Crippen molar-refractivity contribution in [2.75, 3.05) is 33.0 Å². The molecular formula is C39H58O18. The van der Waals surface area contributed by atoms with Crippen LogP contribution in [0.25, 0.3) is 0 Å². The van der Waals surface area contributed by atoms with Crippen molar-refractivity contribution in [3.63, 3.8) is 0 Å². The molecular weight excluding hydrogens is 756 g/mol. The van der Waals surface area contributed by atoms with E-state index < -0.39 is 0 Å². The minimum Gasteiger partial charge on any atom is -0.463 e. The van der Waals surface area contributed by atoms with E-state index in [2.05, 4.69) is 9.47 Å². The highest BCUT2D eigenvalue weighted by atomic mass is 16.6. The fourth-order valence-corrected chi connectivity index (χ4v) is 4.92. The van der Waals surface area contributed by atoms with Gasteiger partial charge in [0.2, 0.25) is 0 Å². The molecule has 3 aliphatic heterocycles. The highest BCUT2D eigenvalue weighted by Gasteiger charge is 2.25. The fourth-order valence-electron chi connectivity index (χ4n) is 4.92. The van der Waals surface area contributed by atoms with Gasteiger partial charge >= 0.3 is 29.8 Å². The summed E-state index contributed by atoms with van der Waals surface area (Å²) in [5.41, 5.74) is 0. The van der Waals surface area contributed by atoms with Crippen LogP contribution in [-0.4, -0.2) is 110 Å². The molecule has 0 saturated carbocycles. The monoisotopic (exact) mass is 814 g/mol. The average Bonchev–Trinajstić information content (AvgIpc) is 4.03. The van der Waals surface area contributed by atoms with E-state index >= 15 is 0 Å². The smallest absolute Gasteiger partial charge is 0.303 e. The zero-order chi connectivity index (χ0) is 42.6. The Hall–Kier alpha value is -4.62. The highest BCUT2D eigenvalue weighted by molar-refractivity contribution is 5.70. The van der Waals surface area contributed by atoms with Crippen LogP contribution in [0.15, 0.2) is 33.1 Å². The summed E-state index contributed by atoms with van der Waals surface area (Å²) in [6.07, 6.45) is 7.03. The minimum absolute atomic E-state index is 0.0222. The van der Waals surface area contributed by atoms with Gasteiger partial charge in [-0.3, -0.25) is 28.8 Å². The van der Waals surface area contributed by atoms with Crippen molar-refractivity contribution in [1.82, 2.24) is 0 Å². The van der Waals surface area contributed by atoms with E-state index in [0.717, 1.165) is 45.1 Å². The zero-order valence-corrected chi connectivity index (χ0v) is 33.6. The first-order valence-corrected chi connectivity index (χ1v) is 18.6. The number of carbonyl (C=O) groups is 6. The molecule has 0 aromatic carbocycles. The van der Waals surface area contributed by atoms with E-state index in [1.165, 1.54) is 40.7 Å². The van der Waals surface area contributed by atoms with Crippen molar-refractivity contribution < 1.29 is 85.7 Å². The number of carbonyl (C=O) groups excluding carboxylic acids is 6. The number of aliphatic hydroxyl groups excluding tert-OH is 2. The summed E-state index contributed by atoms with van der Waals surface area (Å²) >= 11 is 0. The second-order valence-corrected chi connectivity index (χ2v) is 12.8. The molecule has 5 unspecified atom stereocenters. The number of ether oxygens (including phenoxy) is 8. The van der Waals surface area contributed by atoms with Gasteiger partial charge in [0.05, 0.1) is 37.1 Å². The van der Waals surface area contributed by atoms with Crippen LogP contribution in [0.3, 0.4) is 0 Å². The van der Waals surface area contributed by atoms with Crippen LogP contribution in [0.1, 0.15) is 108 Å². The van der Waals surface area contributed by atoms with Crippen LogP contribution in [-0.2, 0) is 81.7 Å². The minimum atomic E-state index is -0.376. The van der Waals surface area contributed by atoms with Crippen molar-refractivity contribution in [2.45, 2.75) is 130 Å². The molecule has 0 bridgehead atoms. The summed E-state index contributed by atoms with van der Waals surface area (Å²) in [4.78, 5) is 62.0. The lowest BCUT2D eigenvalue weighted by Crippen LogP contribution is -2.20. The SMILES string of the molecule is CC(=O)OCC1CCC(C)O1.CC(=O)OCC1CCC(CO)O1.CC(=O)OCC1CCCO1.CC(=O)OCc1ccc(C=O)o1.CC(=O)OCc1ccc(CO)o1. The summed E-state index contributed by atoms with van der Waals surface area (Å²) in [6, 6.07) is 6.41. The van der Waals surface area contributed by atoms with Gasteiger partial charge < -0.3 is 56.9 Å². The molecule has 0 aliphatic carbocycles. The number of aliphatic hydroxyl groups is 2. The first-order chi connectivity index (χ1) is 27.1. The van der Waals surface area contributed by atoms with Crippen LogP contribution in [0, 0.1) is 0 Å². The van der Waals surface area contributed by atoms with E-state index in [0.29, 0.717) is 49.5 Å². The normalized spacial score (nSPS) is 20.3. The number of hydrogen-bond donors (Lipinski definition) is 2. The lowest BCUT2D eigenvalue weighted by Gasteiger charge is -2.11. The van der Waals surface area contributed by atoms with Gasteiger partial charge in [-0.15, -0.1) is 0 Å². The molecule has 3 saturated heterocycles. The largest absolute Gasteiger partial charge is 0.463 e. The van der Waals surface area contributed by atoms with Gasteiger partial charge in [0.1, 0.15) is 56.9 Å². The molecule has 322 valence electrons. The Balaban J connectivity index is 0.000000357. The standard InChI is InChI=1S/C8H14O4.C8H10O4.C8H8O4.C8H14O3.C7H12O3/c3*1-6(10)11-5-8-3-2-7(4-9)12-8;1-6-3-4-8(11-6)5-10-7(2)9;1-6(8)10-5-7-3-2-4-9-7/h7-9H,2-5H2,1H3;2-3,9H,4-5H2,1H3;2-4H,5H2,1H3;6,8H,3-5H2,1-2H3;7H,2-5H2,1H3. The van der Waals surface area contributed by atoms with Gasteiger partial charge in [0.25, 0.3) is 0 Å². The number of rotatable bonds is 13. The Labute approximate surface area is 332 Å². The first-order valence-electron chi connectivity index (χ1n) is 18.6. The fraction of sp³-hybridized carbons (Fsp3) is 0.641. The van der Waals surface area contributed by atoms with Gasteiger partial charge in [-0.05, 0) is 69.7 Å². The van der Waals surface area contributed by atoms with Crippen molar-refractivity contribution in [3.8, 4) is 0 Å².